The number of rotatable bonds is 3. The first-order valence-electron chi connectivity index (χ1n) is 3.30. The molecule has 2 N–H and O–H groups in total. The molecule has 0 atom stereocenters. The van der Waals surface area contributed by atoms with Crippen molar-refractivity contribution in [1.29, 1.82) is 0 Å². The van der Waals surface area contributed by atoms with Crippen LogP contribution in [0.15, 0.2) is 0 Å². The predicted molar refractivity (Wildman–Crippen MR) is 33.0 cm³/mol. The van der Waals surface area contributed by atoms with Crippen molar-refractivity contribution in [1.82, 2.24) is 5.32 Å². The van der Waals surface area contributed by atoms with Crippen molar-refractivity contribution >= 4 is 0 Å². The number of aliphatic hydroxyl groups excluding tert-OH is 1. The zero-order valence-electron chi connectivity index (χ0n) is 5.31. The third-order valence-corrected chi connectivity index (χ3v) is 1.64. The van der Waals surface area contributed by atoms with Crippen molar-refractivity contribution < 1.29 is 9.50 Å². The van der Waals surface area contributed by atoms with Crippen molar-refractivity contribution in [2.75, 3.05) is 13.2 Å². The molecule has 0 bridgehead atoms. The molecule has 0 aromatic rings. The van der Waals surface area contributed by atoms with Crippen molar-refractivity contribution in [2.45, 2.75) is 25.0 Å². The van der Waals surface area contributed by atoms with E-state index in [-0.39, 0.29) is 12.8 Å². The molecule has 1 fully saturated rings. The van der Waals surface area contributed by atoms with Crippen molar-refractivity contribution in [3.8, 4) is 0 Å². The molecule has 0 unspecified atom stereocenters. The minimum atomic E-state index is -0.313. The third-order valence-electron chi connectivity index (χ3n) is 1.64. The number of alkyl halides is 1. The molecule has 0 heterocycles. The fraction of sp³-hybridized carbons (Fsp3) is 1.00. The Morgan fingerprint density at radius 2 is 2.22 bits per heavy atom. The van der Waals surface area contributed by atoms with Crippen molar-refractivity contribution in [3.63, 3.8) is 0 Å². The molecular weight excluding hydrogens is 121 g/mol. The second-order valence-corrected chi connectivity index (χ2v) is 2.47. The Bertz CT molecular complexity index is 83.1. The summed E-state index contributed by atoms with van der Waals surface area (Å²) in [7, 11) is 0. The molecule has 2 nitrogen and oxygen atoms in total. The lowest BCUT2D eigenvalue weighted by Gasteiger charge is -2.31. The van der Waals surface area contributed by atoms with E-state index in [2.05, 4.69) is 5.32 Å². The molecule has 0 aromatic heterocycles. The second kappa shape index (κ2) is 3.13. The van der Waals surface area contributed by atoms with Crippen LogP contribution < -0.4 is 5.32 Å². The Kier molecular flexibility index (Phi) is 2.42. The second-order valence-electron chi connectivity index (χ2n) is 2.47. The fourth-order valence-electron chi connectivity index (χ4n) is 1.01. The van der Waals surface area contributed by atoms with Crippen LogP contribution in [0.1, 0.15) is 12.8 Å². The van der Waals surface area contributed by atoms with Crippen molar-refractivity contribution in [3.05, 3.63) is 0 Å². The molecule has 0 aromatic carbocycles. The quantitative estimate of drug-likeness (QED) is 0.571. The number of nitrogens with one attached hydrogen (secondary N) is 1. The summed E-state index contributed by atoms with van der Waals surface area (Å²) >= 11 is 0. The molecule has 1 rings (SSSR count). The van der Waals surface area contributed by atoms with Crippen LogP contribution in [-0.4, -0.2) is 30.5 Å². The van der Waals surface area contributed by atoms with E-state index in [1.54, 1.807) is 0 Å². The average molecular weight is 133 g/mol. The summed E-state index contributed by atoms with van der Waals surface area (Å²) in [5, 5.41) is 11.7. The Balaban J connectivity index is 1.91. The summed E-state index contributed by atoms with van der Waals surface area (Å²) in [6.45, 7) is 0.115. The van der Waals surface area contributed by atoms with Gasteiger partial charge in [-0.2, -0.15) is 0 Å². The summed E-state index contributed by atoms with van der Waals surface area (Å²) in [6, 6.07) is 0.371. The Hall–Kier alpha value is -0.150. The largest absolute Gasteiger partial charge is 0.393 e. The maximum Gasteiger partial charge on any atom is 0.102 e. The van der Waals surface area contributed by atoms with Crippen LogP contribution in [-0.2, 0) is 0 Å². The van der Waals surface area contributed by atoms with E-state index in [1.165, 1.54) is 0 Å². The normalized spacial score (nSPS) is 34.0. The lowest BCUT2D eigenvalue weighted by molar-refractivity contribution is 0.0621. The van der Waals surface area contributed by atoms with Crippen LogP contribution in [0.5, 0.6) is 0 Å². The van der Waals surface area contributed by atoms with Gasteiger partial charge >= 0.3 is 0 Å². The SMILES string of the molecule is OC1CC(NCCF)C1. The standard InChI is InChI=1S/C6H12FNO/c7-1-2-8-5-3-6(9)4-5/h5-6,8-9H,1-4H2. The fourth-order valence-corrected chi connectivity index (χ4v) is 1.01. The van der Waals surface area contributed by atoms with Gasteiger partial charge < -0.3 is 10.4 Å². The summed E-state index contributed by atoms with van der Waals surface area (Å²) in [6.07, 6.45) is 1.45. The monoisotopic (exact) mass is 133 g/mol. The zero-order valence-corrected chi connectivity index (χ0v) is 5.31. The third kappa shape index (κ3) is 1.91. The molecule has 1 saturated carbocycles. The van der Waals surface area contributed by atoms with E-state index >= 15 is 0 Å². The Morgan fingerprint density at radius 3 is 2.67 bits per heavy atom. The Labute approximate surface area is 54.1 Å². The highest BCUT2D eigenvalue weighted by atomic mass is 19.1. The summed E-state index contributed by atoms with van der Waals surface area (Å²) in [4.78, 5) is 0. The number of halogens is 1. The smallest absolute Gasteiger partial charge is 0.102 e. The zero-order chi connectivity index (χ0) is 6.69. The van der Waals surface area contributed by atoms with Crippen molar-refractivity contribution in [2.24, 2.45) is 0 Å². The van der Waals surface area contributed by atoms with Gasteiger partial charge in [-0.3, -0.25) is 0 Å². The minimum absolute atomic E-state index is 0.137. The van der Waals surface area contributed by atoms with Gasteiger partial charge in [-0.1, -0.05) is 0 Å². The van der Waals surface area contributed by atoms with Gasteiger partial charge in [0.05, 0.1) is 6.10 Å². The number of aliphatic hydroxyl groups is 1. The highest BCUT2D eigenvalue weighted by molar-refractivity contribution is 4.84. The van der Waals surface area contributed by atoms with E-state index in [0.29, 0.717) is 12.6 Å². The lowest BCUT2D eigenvalue weighted by atomic mass is 9.90. The molecule has 0 amide bonds. The van der Waals surface area contributed by atoms with Gasteiger partial charge in [-0.05, 0) is 12.8 Å². The van der Waals surface area contributed by atoms with Gasteiger partial charge in [0.25, 0.3) is 0 Å². The number of hydrogen-bond donors (Lipinski definition) is 2. The van der Waals surface area contributed by atoms with Crippen LogP contribution in [0.3, 0.4) is 0 Å². The Morgan fingerprint density at radius 1 is 1.56 bits per heavy atom. The van der Waals surface area contributed by atoms with Crippen LogP contribution in [0.25, 0.3) is 0 Å². The first kappa shape index (κ1) is 6.96. The first-order valence-corrected chi connectivity index (χ1v) is 3.30. The predicted octanol–water partition coefficient (Wildman–Crippen LogP) is 0.0688. The number of hydrogen-bond acceptors (Lipinski definition) is 2. The average Bonchev–Trinajstić information content (AvgIpc) is 1.78. The van der Waals surface area contributed by atoms with Gasteiger partial charge in [0.1, 0.15) is 6.67 Å². The summed E-state index contributed by atoms with van der Waals surface area (Å²) in [5.74, 6) is 0. The van der Waals surface area contributed by atoms with E-state index in [0.717, 1.165) is 12.8 Å². The van der Waals surface area contributed by atoms with E-state index in [9.17, 15) is 4.39 Å². The molecule has 1 aliphatic rings. The first-order chi connectivity index (χ1) is 4.33. The maximum absolute atomic E-state index is 11.5. The molecule has 9 heavy (non-hydrogen) atoms. The molecule has 0 radical (unpaired) electrons. The maximum atomic E-state index is 11.5. The van der Waals surface area contributed by atoms with Gasteiger partial charge in [-0.25, -0.2) is 4.39 Å². The molecule has 3 heteroatoms. The molecule has 0 spiro atoms. The minimum Gasteiger partial charge on any atom is -0.393 e. The molecule has 0 saturated heterocycles. The summed E-state index contributed by atoms with van der Waals surface area (Å²) in [5.41, 5.74) is 0. The topological polar surface area (TPSA) is 32.3 Å². The van der Waals surface area contributed by atoms with Gasteiger partial charge in [0, 0.05) is 12.6 Å². The van der Waals surface area contributed by atoms with Crippen LogP contribution in [0, 0.1) is 0 Å². The molecule has 1 aliphatic carbocycles. The van der Waals surface area contributed by atoms with Gasteiger partial charge in [0.2, 0.25) is 0 Å². The van der Waals surface area contributed by atoms with E-state index in [1.807, 2.05) is 0 Å². The lowest BCUT2D eigenvalue weighted by Crippen LogP contribution is -2.44. The van der Waals surface area contributed by atoms with E-state index in [4.69, 9.17) is 5.11 Å². The highest BCUT2D eigenvalue weighted by Crippen LogP contribution is 2.18. The van der Waals surface area contributed by atoms with Gasteiger partial charge in [0.15, 0.2) is 0 Å². The molecular formula is C6H12FNO. The molecule has 54 valence electrons. The van der Waals surface area contributed by atoms with E-state index < -0.39 is 0 Å². The van der Waals surface area contributed by atoms with Crippen LogP contribution in [0.2, 0.25) is 0 Å². The summed E-state index contributed by atoms with van der Waals surface area (Å²) < 4.78 is 11.5. The van der Waals surface area contributed by atoms with Crippen LogP contribution >= 0.6 is 0 Å². The molecule has 0 aliphatic heterocycles. The highest BCUT2D eigenvalue weighted by Gasteiger charge is 2.25. The van der Waals surface area contributed by atoms with Crippen LogP contribution in [0.4, 0.5) is 4.39 Å². The van der Waals surface area contributed by atoms with Gasteiger partial charge in [-0.15, -0.1) is 0 Å².